The molecule has 0 aliphatic heterocycles. The normalized spacial score (nSPS) is 16.2. The lowest BCUT2D eigenvalue weighted by molar-refractivity contribution is -0.145. The van der Waals surface area contributed by atoms with Gasteiger partial charge in [0.15, 0.2) is 0 Å². The van der Waals surface area contributed by atoms with Gasteiger partial charge >= 0.3 is 5.97 Å². The van der Waals surface area contributed by atoms with Crippen LogP contribution in [0.3, 0.4) is 0 Å². The van der Waals surface area contributed by atoms with Crippen LogP contribution < -0.4 is 0 Å². The van der Waals surface area contributed by atoms with E-state index in [0.29, 0.717) is 21.7 Å². The largest absolute Gasteiger partial charge is 0.459 e. The van der Waals surface area contributed by atoms with Gasteiger partial charge in [-0.25, -0.2) is 0 Å². The molecule has 152 valence electrons. The highest BCUT2D eigenvalue weighted by molar-refractivity contribution is 6.35. The number of hydrogen-bond acceptors (Lipinski definition) is 3. The topological polar surface area (TPSA) is 34.5 Å². The SMILES string of the molecule is CN(C)C1CCc2c(c3ccccc3n2CC(=O)OCc2c(Cl)cccc2Cl)C1. The van der Waals surface area contributed by atoms with Crippen molar-refractivity contribution in [1.29, 1.82) is 0 Å². The number of carbonyl (C=O) groups excluding carboxylic acids is 1. The van der Waals surface area contributed by atoms with Gasteiger partial charge in [-0.3, -0.25) is 4.79 Å². The summed E-state index contributed by atoms with van der Waals surface area (Å²) in [5, 5.41) is 2.24. The standard InChI is InChI=1S/C23H24Cl2N2O2/c1-26(2)15-10-11-22-17(12-15)16-6-3-4-9-21(16)27(22)13-23(28)29-14-18-19(24)7-5-8-20(18)25/h3-9,15H,10-14H2,1-2H3. The summed E-state index contributed by atoms with van der Waals surface area (Å²) in [4.78, 5) is 15.0. The molecule has 1 aromatic heterocycles. The van der Waals surface area contributed by atoms with Crippen molar-refractivity contribution in [3.05, 3.63) is 69.3 Å². The molecule has 0 radical (unpaired) electrons. The molecule has 0 spiro atoms. The number of halogens is 2. The maximum atomic E-state index is 12.7. The molecule has 0 N–H and O–H groups in total. The van der Waals surface area contributed by atoms with Crippen LogP contribution >= 0.6 is 23.2 Å². The molecule has 1 unspecified atom stereocenters. The molecule has 2 aromatic carbocycles. The molecule has 1 atom stereocenters. The fourth-order valence-electron chi connectivity index (χ4n) is 4.20. The zero-order valence-corrected chi connectivity index (χ0v) is 18.1. The van der Waals surface area contributed by atoms with Crippen LogP contribution in [0.5, 0.6) is 0 Å². The van der Waals surface area contributed by atoms with Crippen molar-refractivity contribution in [2.45, 2.75) is 38.5 Å². The Morgan fingerprint density at radius 2 is 1.86 bits per heavy atom. The molecule has 0 saturated carbocycles. The summed E-state index contributed by atoms with van der Waals surface area (Å²) >= 11 is 12.4. The average molecular weight is 431 g/mol. The highest BCUT2D eigenvalue weighted by Gasteiger charge is 2.27. The molecular formula is C23H24Cl2N2O2. The Hall–Kier alpha value is -2.01. The van der Waals surface area contributed by atoms with Crippen LogP contribution in [-0.4, -0.2) is 35.6 Å². The summed E-state index contributed by atoms with van der Waals surface area (Å²) < 4.78 is 7.64. The minimum atomic E-state index is -0.292. The summed E-state index contributed by atoms with van der Waals surface area (Å²) in [5.41, 5.74) is 4.33. The maximum Gasteiger partial charge on any atom is 0.326 e. The number of para-hydroxylation sites is 1. The van der Waals surface area contributed by atoms with Crippen LogP contribution in [-0.2, 0) is 35.5 Å². The Bertz CT molecular complexity index is 1040. The summed E-state index contributed by atoms with van der Waals surface area (Å²) in [7, 11) is 4.26. The number of aromatic nitrogens is 1. The summed E-state index contributed by atoms with van der Waals surface area (Å²) in [6.07, 6.45) is 3.04. The monoisotopic (exact) mass is 430 g/mol. The third kappa shape index (κ3) is 4.02. The van der Waals surface area contributed by atoms with E-state index >= 15 is 0 Å². The van der Waals surface area contributed by atoms with E-state index in [2.05, 4.69) is 41.8 Å². The number of fused-ring (bicyclic) bond motifs is 3. The second kappa shape index (κ2) is 8.39. The number of likely N-dealkylation sites (N-methyl/N-ethyl adjacent to an activating group) is 1. The molecule has 0 bridgehead atoms. The lowest BCUT2D eigenvalue weighted by Gasteiger charge is -2.29. The first-order valence-electron chi connectivity index (χ1n) is 9.79. The zero-order valence-electron chi connectivity index (χ0n) is 16.6. The Morgan fingerprint density at radius 3 is 2.59 bits per heavy atom. The first kappa shape index (κ1) is 20.3. The average Bonchev–Trinajstić information content (AvgIpc) is 3.01. The van der Waals surface area contributed by atoms with Crippen molar-refractivity contribution in [2.75, 3.05) is 14.1 Å². The predicted molar refractivity (Wildman–Crippen MR) is 118 cm³/mol. The molecular weight excluding hydrogens is 407 g/mol. The first-order chi connectivity index (χ1) is 14.0. The zero-order chi connectivity index (χ0) is 20.5. The number of rotatable bonds is 5. The van der Waals surface area contributed by atoms with E-state index in [1.807, 2.05) is 6.07 Å². The number of nitrogens with zero attached hydrogens (tertiary/aromatic N) is 2. The van der Waals surface area contributed by atoms with Crippen molar-refractivity contribution >= 4 is 40.1 Å². The van der Waals surface area contributed by atoms with Gasteiger partial charge in [-0.2, -0.15) is 0 Å². The number of esters is 1. The molecule has 1 aliphatic carbocycles. The van der Waals surface area contributed by atoms with Gasteiger partial charge in [0, 0.05) is 38.2 Å². The van der Waals surface area contributed by atoms with E-state index in [1.165, 1.54) is 16.6 Å². The Morgan fingerprint density at radius 1 is 1.14 bits per heavy atom. The number of hydrogen-bond donors (Lipinski definition) is 0. The van der Waals surface area contributed by atoms with Crippen LogP contribution in [0.2, 0.25) is 10.0 Å². The molecule has 6 heteroatoms. The van der Waals surface area contributed by atoms with Gasteiger partial charge in [-0.1, -0.05) is 47.5 Å². The molecule has 1 aliphatic rings. The minimum absolute atomic E-state index is 0.0709. The van der Waals surface area contributed by atoms with E-state index in [-0.39, 0.29) is 19.1 Å². The molecule has 29 heavy (non-hydrogen) atoms. The van der Waals surface area contributed by atoms with E-state index in [9.17, 15) is 4.79 Å². The molecule has 3 aromatic rings. The van der Waals surface area contributed by atoms with E-state index in [4.69, 9.17) is 27.9 Å². The second-order valence-corrected chi connectivity index (χ2v) is 8.56. The van der Waals surface area contributed by atoms with Gasteiger partial charge in [-0.15, -0.1) is 0 Å². The fourth-order valence-corrected chi connectivity index (χ4v) is 4.71. The van der Waals surface area contributed by atoms with Crippen molar-refractivity contribution in [2.24, 2.45) is 0 Å². The highest BCUT2D eigenvalue weighted by Crippen LogP contribution is 2.33. The number of carbonyl (C=O) groups is 1. The van der Waals surface area contributed by atoms with E-state index < -0.39 is 0 Å². The third-order valence-corrected chi connectivity index (χ3v) is 6.51. The Kier molecular flexibility index (Phi) is 5.86. The van der Waals surface area contributed by atoms with E-state index in [0.717, 1.165) is 24.8 Å². The van der Waals surface area contributed by atoms with Gasteiger partial charge in [0.05, 0.1) is 0 Å². The molecule has 0 fully saturated rings. The molecule has 0 saturated heterocycles. The van der Waals surface area contributed by atoms with Gasteiger partial charge in [0.2, 0.25) is 0 Å². The fraction of sp³-hybridized carbons (Fsp3) is 0.348. The molecule has 0 amide bonds. The van der Waals surface area contributed by atoms with Crippen molar-refractivity contribution in [1.82, 2.24) is 9.47 Å². The summed E-state index contributed by atoms with van der Waals surface area (Å²) in [6, 6.07) is 14.1. The van der Waals surface area contributed by atoms with Crippen LogP contribution in [0, 0.1) is 0 Å². The van der Waals surface area contributed by atoms with Gasteiger partial charge in [-0.05, 0) is 57.1 Å². The van der Waals surface area contributed by atoms with E-state index in [1.54, 1.807) is 18.2 Å². The summed E-state index contributed by atoms with van der Waals surface area (Å²) in [6.45, 7) is 0.256. The quantitative estimate of drug-likeness (QED) is 0.527. The lowest BCUT2D eigenvalue weighted by atomic mass is 9.91. The minimum Gasteiger partial charge on any atom is -0.459 e. The molecule has 1 heterocycles. The van der Waals surface area contributed by atoms with Crippen LogP contribution in [0.1, 0.15) is 23.2 Å². The molecule has 4 rings (SSSR count). The van der Waals surface area contributed by atoms with Crippen molar-refractivity contribution in [3.8, 4) is 0 Å². The van der Waals surface area contributed by atoms with Gasteiger partial charge in [0.1, 0.15) is 13.2 Å². The van der Waals surface area contributed by atoms with Gasteiger partial charge < -0.3 is 14.2 Å². The van der Waals surface area contributed by atoms with Crippen LogP contribution in [0.15, 0.2) is 42.5 Å². The highest BCUT2D eigenvalue weighted by atomic mass is 35.5. The number of ether oxygens (including phenoxy) is 1. The third-order valence-electron chi connectivity index (χ3n) is 5.80. The smallest absolute Gasteiger partial charge is 0.326 e. The first-order valence-corrected chi connectivity index (χ1v) is 10.5. The Balaban J connectivity index is 1.58. The lowest BCUT2D eigenvalue weighted by Crippen LogP contribution is -2.34. The van der Waals surface area contributed by atoms with Crippen molar-refractivity contribution < 1.29 is 9.53 Å². The Labute approximate surface area is 181 Å². The van der Waals surface area contributed by atoms with Crippen molar-refractivity contribution in [3.63, 3.8) is 0 Å². The number of benzene rings is 2. The predicted octanol–water partition coefficient (Wildman–Crippen LogP) is 5.11. The van der Waals surface area contributed by atoms with Gasteiger partial charge in [0.25, 0.3) is 0 Å². The second-order valence-electron chi connectivity index (χ2n) is 7.75. The van der Waals surface area contributed by atoms with Crippen LogP contribution in [0.25, 0.3) is 10.9 Å². The summed E-state index contributed by atoms with van der Waals surface area (Å²) in [5.74, 6) is -0.292. The molecule has 4 nitrogen and oxygen atoms in total. The maximum absolute atomic E-state index is 12.7. The van der Waals surface area contributed by atoms with Crippen LogP contribution in [0.4, 0.5) is 0 Å².